The highest BCUT2D eigenvalue weighted by molar-refractivity contribution is 5.73. The summed E-state index contributed by atoms with van der Waals surface area (Å²) in [5, 5.41) is 10.1. The molecule has 0 aliphatic carbocycles. The van der Waals surface area contributed by atoms with Gasteiger partial charge in [-0.15, -0.1) is 0 Å². The topological polar surface area (TPSA) is 49.8 Å². The van der Waals surface area contributed by atoms with Crippen LogP contribution >= 0.6 is 0 Å². The molecule has 0 spiro atoms. The third-order valence-electron chi connectivity index (χ3n) is 1.72. The Bertz CT molecular complexity index is 137. The van der Waals surface area contributed by atoms with Crippen molar-refractivity contribution in [2.75, 3.05) is 13.7 Å². The number of hydrogen-bond donors (Lipinski definition) is 1. The second kappa shape index (κ2) is 2.98. The van der Waals surface area contributed by atoms with Gasteiger partial charge in [0.15, 0.2) is 0 Å². The largest absolute Gasteiger partial charge is 0.480 e. The smallest absolute Gasteiger partial charge is 0.323 e. The number of carboxylic acids is 1. The van der Waals surface area contributed by atoms with E-state index in [4.69, 9.17) is 9.94 Å². The first-order chi connectivity index (χ1) is 4.75. The molecule has 1 rings (SSSR count). The van der Waals surface area contributed by atoms with Crippen LogP contribution in [0.2, 0.25) is 0 Å². The molecule has 4 nitrogen and oxygen atoms in total. The van der Waals surface area contributed by atoms with E-state index in [0.717, 1.165) is 13.0 Å². The summed E-state index contributed by atoms with van der Waals surface area (Å²) in [6.45, 7) is 0.730. The van der Waals surface area contributed by atoms with Gasteiger partial charge in [0, 0.05) is 6.54 Å². The first-order valence-electron chi connectivity index (χ1n) is 3.29. The number of carboxylic acid groups (broad SMARTS) is 1. The number of carbonyl (C=O) groups is 1. The van der Waals surface area contributed by atoms with Gasteiger partial charge in [-0.1, -0.05) is 0 Å². The summed E-state index contributed by atoms with van der Waals surface area (Å²) in [4.78, 5) is 15.3. The molecule has 0 aromatic rings. The molecule has 1 aliphatic heterocycles. The second-order valence-corrected chi connectivity index (χ2v) is 2.32. The Hall–Kier alpha value is -0.610. The Morgan fingerprint density at radius 3 is 2.90 bits per heavy atom. The predicted molar refractivity (Wildman–Crippen MR) is 34.4 cm³/mol. The maximum atomic E-state index is 10.4. The van der Waals surface area contributed by atoms with E-state index >= 15 is 0 Å². The SMILES string of the molecule is CON1CCC[C@@H]1C(=O)O. The van der Waals surface area contributed by atoms with Crippen LogP contribution in [-0.2, 0) is 9.63 Å². The van der Waals surface area contributed by atoms with Crippen LogP contribution in [0.4, 0.5) is 0 Å². The van der Waals surface area contributed by atoms with Crippen LogP contribution in [0.3, 0.4) is 0 Å². The number of rotatable bonds is 2. The number of hydrogen-bond acceptors (Lipinski definition) is 3. The van der Waals surface area contributed by atoms with E-state index in [-0.39, 0.29) is 0 Å². The molecule has 0 saturated carbocycles. The minimum absolute atomic E-state index is 0.426. The Labute approximate surface area is 59.3 Å². The summed E-state index contributed by atoms with van der Waals surface area (Å²) in [6, 6.07) is -0.426. The van der Waals surface area contributed by atoms with Crippen LogP contribution in [-0.4, -0.2) is 35.8 Å². The van der Waals surface area contributed by atoms with Crippen LogP contribution in [0.25, 0.3) is 0 Å². The summed E-state index contributed by atoms with van der Waals surface area (Å²) in [6.07, 6.45) is 1.61. The summed E-state index contributed by atoms with van der Waals surface area (Å²) in [5.41, 5.74) is 0. The first-order valence-corrected chi connectivity index (χ1v) is 3.29. The van der Waals surface area contributed by atoms with Gasteiger partial charge in [0.05, 0.1) is 7.11 Å². The van der Waals surface area contributed by atoms with E-state index < -0.39 is 12.0 Å². The summed E-state index contributed by atoms with van der Waals surface area (Å²) in [5.74, 6) is -0.792. The molecule has 0 aromatic heterocycles. The Morgan fingerprint density at radius 2 is 2.50 bits per heavy atom. The van der Waals surface area contributed by atoms with E-state index in [1.807, 2.05) is 0 Å². The van der Waals surface area contributed by atoms with Crippen molar-refractivity contribution in [1.29, 1.82) is 0 Å². The zero-order valence-electron chi connectivity index (χ0n) is 5.91. The van der Waals surface area contributed by atoms with Gasteiger partial charge >= 0.3 is 5.97 Å². The van der Waals surface area contributed by atoms with Crippen LogP contribution in [0.5, 0.6) is 0 Å². The monoisotopic (exact) mass is 145 g/mol. The summed E-state index contributed by atoms with van der Waals surface area (Å²) in [7, 11) is 1.50. The van der Waals surface area contributed by atoms with Gasteiger partial charge in [0.1, 0.15) is 6.04 Å². The van der Waals surface area contributed by atoms with Crippen molar-refractivity contribution < 1.29 is 14.7 Å². The third kappa shape index (κ3) is 1.27. The molecule has 10 heavy (non-hydrogen) atoms. The average molecular weight is 145 g/mol. The highest BCUT2D eigenvalue weighted by Crippen LogP contribution is 2.16. The van der Waals surface area contributed by atoms with Crippen molar-refractivity contribution in [3.63, 3.8) is 0 Å². The summed E-state index contributed by atoms with van der Waals surface area (Å²) < 4.78 is 0. The highest BCUT2D eigenvalue weighted by Gasteiger charge is 2.30. The van der Waals surface area contributed by atoms with E-state index in [9.17, 15) is 4.79 Å². The molecule has 1 fully saturated rings. The molecule has 0 amide bonds. The van der Waals surface area contributed by atoms with Gasteiger partial charge < -0.3 is 9.94 Å². The normalized spacial score (nSPS) is 27.1. The van der Waals surface area contributed by atoms with Crippen molar-refractivity contribution >= 4 is 5.97 Å². The number of hydroxylamine groups is 2. The van der Waals surface area contributed by atoms with Crippen molar-refractivity contribution in [1.82, 2.24) is 5.06 Å². The van der Waals surface area contributed by atoms with Crippen LogP contribution < -0.4 is 0 Å². The minimum atomic E-state index is -0.792. The van der Waals surface area contributed by atoms with E-state index in [1.54, 1.807) is 0 Å². The predicted octanol–water partition coefficient (Wildman–Crippen LogP) is 0.0968. The Kier molecular flexibility index (Phi) is 2.24. The van der Waals surface area contributed by atoms with Gasteiger partial charge in [-0.25, -0.2) is 0 Å². The second-order valence-electron chi connectivity index (χ2n) is 2.32. The molecule has 0 unspecified atom stereocenters. The molecular formula is C6H11NO3. The lowest BCUT2D eigenvalue weighted by Crippen LogP contribution is -2.34. The van der Waals surface area contributed by atoms with E-state index in [1.165, 1.54) is 12.2 Å². The van der Waals surface area contributed by atoms with Gasteiger partial charge in [-0.05, 0) is 12.8 Å². The van der Waals surface area contributed by atoms with E-state index in [0.29, 0.717) is 6.42 Å². The van der Waals surface area contributed by atoms with Gasteiger partial charge in [0.25, 0.3) is 0 Å². The van der Waals surface area contributed by atoms with Crippen LogP contribution in [0.15, 0.2) is 0 Å². The fourth-order valence-electron chi connectivity index (χ4n) is 1.21. The fraction of sp³-hybridized carbons (Fsp3) is 0.833. The maximum absolute atomic E-state index is 10.4. The molecule has 4 heteroatoms. The highest BCUT2D eigenvalue weighted by atomic mass is 16.7. The summed E-state index contributed by atoms with van der Waals surface area (Å²) >= 11 is 0. The van der Waals surface area contributed by atoms with Crippen molar-refractivity contribution in [3.8, 4) is 0 Å². The molecule has 1 N–H and O–H groups in total. The molecule has 1 atom stereocenters. The molecule has 1 aliphatic rings. The molecule has 1 saturated heterocycles. The first kappa shape index (κ1) is 7.50. The zero-order chi connectivity index (χ0) is 7.56. The third-order valence-corrected chi connectivity index (χ3v) is 1.72. The maximum Gasteiger partial charge on any atom is 0.323 e. The van der Waals surface area contributed by atoms with Crippen molar-refractivity contribution in [2.24, 2.45) is 0 Å². The van der Waals surface area contributed by atoms with E-state index in [2.05, 4.69) is 0 Å². The Morgan fingerprint density at radius 1 is 1.80 bits per heavy atom. The lowest BCUT2D eigenvalue weighted by Gasteiger charge is -2.16. The van der Waals surface area contributed by atoms with Crippen molar-refractivity contribution in [3.05, 3.63) is 0 Å². The number of nitrogens with zero attached hydrogens (tertiary/aromatic N) is 1. The standard InChI is InChI=1S/C6H11NO3/c1-10-7-4-2-3-5(7)6(8)9/h5H,2-4H2,1H3,(H,8,9)/t5-/m1/s1. The van der Waals surface area contributed by atoms with Crippen LogP contribution in [0.1, 0.15) is 12.8 Å². The van der Waals surface area contributed by atoms with Crippen LogP contribution in [0, 0.1) is 0 Å². The van der Waals surface area contributed by atoms with Gasteiger partial charge in [-0.3, -0.25) is 4.79 Å². The van der Waals surface area contributed by atoms with Gasteiger partial charge in [-0.2, -0.15) is 5.06 Å². The molecule has 0 aromatic carbocycles. The lowest BCUT2D eigenvalue weighted by molar-refractivity contribution is -0.172. The van der Waals surface area contributed by atoms with Crippen molar-refractivity contribution in [2.45, 2.75) is 18.9 Å². The molecule has 1 heterocycles. The fourth-order valence-corrected chi connectivity index (χ4v) is 1.21. The zero-order valence-corrected chi connectivity index (χ0v) is 5.91. The molecular weight excluding hydrogens is 134 g/mol. The number of aliphatic carboxylic acids is 1. The molecule has 58 valence electrons. The molecule has 0 radical (unpaired) electrons. The Balaban J connectivity index is 2.50. The average Bonchev–Trinajstić information content (AvgIpc) is 2.33. The minimum Gasteiger partial charge on any atom is -0.480 e. The van der Waals surface area contributed by atoms with Gasteiger partial charge in [0.2, 0.25) is 0 Å². The molecule has 0 bridgehead atoms. The quantitative estimate of drug-likeness (QED) is 0.598. The lowest BCUT2D eigenvalue weighted by atomic mass is 10.2.